The molecule has 0 aliphatic heterocycles. The molecule has 21 heavy (non-hydrogen) atoms. The summed E-state index contributed by atoms with van der Waals surface area (Å²) in [7, 11) is -13.0. The van der Waals surface area contributed by atoms with Crippen LogP contribution in [-0.2, 0) is 0 Å². The molecule has 0 rings (SSSR count). The van der Waals surface area contributed by atoms with E-state index in [1.54, 1.807) is 0 Å². The summed E-state index contributed by atoms with van der Waals surface area (Å²) in [4.78, 5) is 0. The van der Waals surface area contributed by atoms with Gasteiger partial charge in [0, 0.05) is 23.3 Å². The molecule has 0 amide bonds. The molecule has 0 aromatic heterocycles. The van der Waals surface area contributed by atoms with E-state index in [0.717, 1.165) is 0 Å². The first-order valence-corrected chi connectivity index (χ1v) is 7.16. The maximum atomic E-state index is 8.52. The Balaban J connectivity index is -0.0000000331. The van der Waals surface area contributed by atoms with Gasteiger partial charge in [0.05, 0.1) is 0 Å². The van der Waals surface area contributed by atoms with E-state index in [1.165, 1.54) is 0 Å². The molecule has 0 saturated heterocycles. The molecule has 0 aromatic carbocycles. The molecule has 0 saturated carbocycles. The van der Waals surface area contributed by atoms with Crippen molar-refractivity contribution in [3.63, 3.8) is 0 Å². The zero-order chi connectivity index (χ0) is 17.9. The van der Waals surface area contributed by atoms with Gasteiger partial charge in [0.1, 0.15) is 0 Å². The van der Waals surface area contributed by atoms with Crippen molar-refractivity contribution in [2.24, 2.45) is 0 Å². The van der Waals surface area contributed by atoms with Crippen molar-refractivity contribution in [1.29, 1.82) is 0 Å². The van der Waals surface area contributed by atoms with Crippen LogP contribution in [0.25, 0.3) is 0 Å². The quantitative estimate of drug-likeness (QED) is 0.211. The average Bonchev–Trinajstić information content (AvgIpc) is 1.94. The molecular weight excluding hydrogens is 448 g/mol. The van der Waals surface area contributed by atoms with Gasteiger partial charge in [0.2, 0.25) is 0 Å². The molecular formula is H8Cl5O15P. The molecule has 0 spiro atoms. The van der Waals surface area contributed by atoms with Gasteiger partial charge in [-0.25, -0.2) is 0 Å². The second kappa shape index (κ2) is 33.0. The van der Waals surface area contributed by atoms with Gasteiger partial charge in [-0.2, -0.15) is 9.90 Å². The van der Waals surface area contributed by atoms with Crippen LogP contribution in [-0.4, -0.2) is 23.3 Å². The summed E-state index contributed by atoms with van der Waals surface area (Å²) in [6, 6.07) is 0. The molecule has 0 heterocycles. The zero-order valence-electron chi connectivity index (χ0n) is 8.92. The second-order valence-corrected chi connectivity index (χ2v) is 3.02. The van der Waals surface area contributed by atoms with E-state index in [2.05, 4.69) is 0 Å². The summed E-state index contributed by atoms with van der Waals surface area (Å²) in [5, 5.41) is 0. The van der Waals surface area contributed by atoms with Crippen LogP contribution in [0.4, 0.5) is 0 Å². The molecule has 15 nitrogen and oxygen atoms in total. The number of hydrogen-bond donors (Lipinski definition) is 5. The Morgan fingerprint density at radius 2 is 0.333 bits per heavy atom. The van der Waals surface area contributed by atoms with Gasteiger partial charge in [0.15, 0.2) is 0 Å². The van der Waals surface area contributed by atoms with Crippen LogP contribution in [0.15, 0.2) is 0 Å². The van der Waals surface area contributed by atoms with Crippen molar-refractivity contribution in [1.82, 2.24) is 0 Å². The third-order valence-electron chi connectivity index (χ3n) is 0. The van der Waals surface area contributed by atoms with Gasteiger partial charge in [0.25, 0.3) is 53.9 Å². The van der Waals surface area contributed by atoms with Crippen LogP contribution in [0.3, 0.4) is 0 Å². The topological polar surface area (TPSA) is 332 Å². The minimum Gasteiger partial charge on any atom is -0.321 e. The summed E-state index contributed by atoms with van der Waals surface area (Å²) in [5.74, 6) is 0. The fourth-order valence-corrected chi connectivity index (χ4v) is 0. The molecule has 0 bridgehead atoms. The van der Waals surface area contributed by atoms with Gasteiger partial charge in [-0.05, 0) is 0 Å². The summed E-state index contributed by atoms with van der Waals surface area (Å²) >= 11 is 0. The smallest absolute Gasteiger partial charge is 0.282 e. The fraction of sp³-hybridized carbons (Fsp3) is 0. The highest BCUT2D eigenvalue weighted by molar-refractivity contribution is 6.92. The lowest BCUT2D eigenvalue weighted by molar-refractivity contribution is -1.63. The van der Waals surface area contributed by atoms with Crippen molar-refractivity contribution in [3.05, 3.63) is 0 Å². The van der Waals surface area contributed by atoms with Crippen LogP contribution in [0, 0.1) is 53.9 Å². The molecule has 0 radical (unpaired) electrons. The second-order valence-electron chi connectivity index (χ2n) is 1.01. The molecule has 1 atom stereocenters. The van der Waals surface area contributed by atoms with Crippen molar-refractivity contribution in [3.8, 4) is 0 Å². The van der Waals surface area contributed by atoms with Crippen LogP contribution in [0.5, 0.6) is 0 Å². The number of rotatable bonds is 0. The Hall–Kier alpha value is 1.28. The minimum atomic E-state index is -2.60. The van der Waals surface area contributed by atoms with Crippen LogP contribution in [0.2, 0.25) is 0 Å². The summed E-state index contributed by atoms with van der Waals surface area (Å²) < 4.78 is 120. The minimum absolute atomic E-state index is 0. The molecule has 21 heteroatoms. The van der Waals surface area contributed by atoms with E-state index in [1.807, 2.05) is 0 Å². The molecule has 0 aliphatic carbocycles. The Morgan fingerprint density at radius 3 is 0.333 bits per heavy atom. The van der Waals surface area contributed by atoms with Crippen LogP contribution >= 0.6 is 9.90 Å². The molecule has 1 unspecified atom stereocenters. The summed E-state index contributed by atoms with van der Waals surface area (Å²) in [6.45, 7) is 0. The lowest BCUT2D eigenvalue weighted by Gasteiger charge is -1.72. The third-order valence-corrected chi connectivity index (χ3v) is 0. The van der Waals surface area contributed by atoms with Gasteiger partial charge >= 0.3 is 0 Å². The van der Waals surface area contributed by atoms with Gasteiger partial charge in [-0.15, -0.1) is 0 Å². The van der Waals surface area contributed by atoms with Crippen LogP contribution in [0.1, 0.15) is 0 Å². The monoisotopic (exact) mass is 454 g/mol. The first kappa shape index (κ1) is 38.1. The van der Waals surface area contributed by atoms with Crippen molar-refractivity contribution < 1.29 is 124 Å². The van der Waals surface area contributed by atoms with E-state index in [-0.39, 0.29) is 9.90 Å². The van der Waals surface area contributed by atoms with Gasteiger partial charge in [-0.3, -0.25) is 0 Å². The highest BCUT2D eigenvalue weighted by Gasteiger charge is 1.80. The first-order chi connectivity index (χ1) is 8.66. The molecule has 0 aromatic rings. The largest absolute Gasteiger partial charge is 0.321 e. The Kier molecular flexibility index (Phi) is 59.9. The predicted octanol–water partition coefficient (Wildman–Crippen LogP) is -14.6. The van der Waals surface area contributed by atoms with E-state index >= 15 is 0 Å². The Bertz CT molecular complexity index is 80.6. The van der Waals surface area contributed by atoms with E-state index < -0.39 is 53.9 Å². The average molecular weight is 456 g/mol. The van der Waals surface area contributed by atoms with E-state index in [9.17, 15) is 0 Å². The number of hydrogen-bond acceptors (Lipinski definition) is 15. The van der Waals surface area contributed by atoms with Crippen molar-refractivity contribution in [2.75, 3.05) is 0 Å². The van der Waals surface area contributed by atoms with E-state index in [0.29, 0.717) is 0 Å². The normalized spacial score (nSPS) is 8.57. The molecule has 0 aliphatic rings. The van der Waals surface area contributed by atoms with Crippen molar-refractivity contribution in [2.45, 2.75) is 0 Å². The van der Waals surface area contributed by atoms with Gasteiger partial charge < -0.3 is 46.6 Å². The first-order valence-electron chi connectivity index (χ1n) is 2.39. The molecule has 0 fully saturated rings. The summed E-state index contributed by atoms with van der Waals surface area (Å²) in [6.07, 6.45) is 0. The highest BCUT2D eigenvalue weighted by atomic mass is 35.6. The maximum Gasteiger partial charge on any atom is 0.282 e. The third kappa shape index (κ3) is 4830. The number of halogens is 5. The Morgan fingerprint density at radius 1 is 0.333 bits per heavy atom. The van der Waals surface area contributed by atoms with Crippen LogP contribution < -0.4 is 46.6 Å². The predicted molar refractivity (Wildman–Crippen MR) is 22.2 cm³/mol. The maximum absolute atomic E-state index is 8.52. The fourth-order valence-electron chi connectivity index (χ4n) is 0. The molecule has 5 N–H and O–H groups in total. The SMILES string of the molecule is P.[O-][Cl+2]([O-])O.[O-][Cl+2]([O-])O.[O-][Cl+2]([O-])O.[O-][Cl+2]([O-])O.[O-][Cl+2]([O-])O. The Labute approximate surface area is 134 Å². The lowest BCUT2D eigenvalue weighted by Crippen LogP contribution is -2.30. The lowest BCUT2D eigenvalue weighted by atomic mass is 15.8. The summed E-state index contributed by atoms with van der Waals surface area (Å²) in [5.41, 5.74) is 0. The van der Waals surface area contributed by atoms with Crippen molar-refractivity contribution >= 4 is 9.90 Å². The zero-order valence-corrected chi connectivity index (χ0v) is 14.1. The molecule has 138 valence electrons. The van der Waals surface area contributed by atoms with E-state index in [4.69, 9.17) is 69.9 Å². The van der Waals surface area contributed by atoms with Gasteiger partial charge in [-0.1, -0.05) is 0 Å². The standard InChI is InChI=1S/5ClHO3.H3P/c5*2-1(3)4;/h5*2H;1H3. The highest BCUT2D eigenvalue weighted by Crippen LogP contribution is 1.39.